The maximum atomic E-state index is 8.08. The van der Waals surface area contributed by atoms with Gasteiger partial charge in [0.1, 0.15) is 0 Å². The van der Waals surface area contributed by atoms with Crippen LogP contribution in [0.5, 0.6) is 0 Å². The second-order valence-electron chi connectivity index (χ2n) is 5.29. The molecule has 2 heterocycles. The van der Waals surface area contributed by atoms with Crippen molar-refractivity contribution in [2.75, 3.05) is 0 Å². The number of rotatable bonds is 2. The third kappa shape index (κ3) is 2.29. The molecule has 1 aromatic heterocycles. The maximum Gasteiger partial charge on any atom is 0.516 e. The number of hydrogen-bond donors (Lipinski definition) is 0. The van der Waals surface area contributed by atoms with Gasteiger partial charge < -0.3 is 9.31 Å². The van der Waals surface area contributed by atoms with E-state index in [4.69, 9.17) is 18.9 Å². The monoisotopic (exact) mass is 255 g/mol. The van der Waals surface area contributed by atoms with Crippen LogP contribution in [0.3, 0.4) is 0 Å². The van der Waals surface area contributed by atoms with Gasteiger partial charge in [-0.25, -0.2) is 0 Å². The van der Waals surface area contributed by atoms with E-state index in [1.807, 2.05) is 27.7 Å². The number of hydrogen-bond acceptors (Lipinski definition) is 4. The zero-order valence-corrected chi connectivity index (χ0v) is 10.9. The van der Waals surface area contributed by atoms with Gasteiger partial charge in [-0.05, 0) is 33.6 Å². The Hall–Kier alpha value is -0.935. The van der Waals surface area contributed by atoms with E-state index in [0.717, 1.165) is 6.20 Å². The first-order valence-electron chi connectivity index (χ1n) is 9.21. The minimum Gasteiger partial charge on any atom is -0.398 e. The van der Waals surface area contributed by atoms with E-state index < -0.39 is 43.6 Å². The van der Waals surface area contributed by atoms with Crippen LogP contribution in [0.15, 0.2) is 12.4 Å². The molecule has 2 rings (SSSR count). The summed E-state index contributed by atoms with van der Waals surface area (Å²) in [7, 11) is -0.813. The highest BCUT2D eigenvalue weighted by Gasteiger charge is 2.52. The van der Waals surface area contributed by atoms with Crippen LogP contribution in [-0.4, -0.2) is 28.3 Å². The first kappa shape index (κ1) is 7.01. The van der Waals surface area contributed by atoms with Crippen molar-refractivity contribution in [2.24, 2.45) is 0 Å². The van der Waals surface area contributed by atoms with Crippen LogP contribution in [0.1, 0.15) is 62.6 Å². The maximum absolute atomic E-state index is 8.08. The predicted molar refractivity (Wildman–Crippen MR) is 71.8 cm³/mol. The minimum atomic E-state index is -3.10. The van der Waals surface area contributed by atoms with Gasteiger partial charge in [0.05, 0.1) is 22.5 Å². The summed E-state index contributed by atoms with van der Waals surface area (Å²) in [6, 6.07) is 0. The summed E-state index contributed by atoms with van der Waals surface area (Å²) in [5.41, 5.74) is -1.35. The van der Waals surface area contributed by atoms with E-state index in [0.29, 0.717) is 0 Å². The van der Waals surface area contributed by atoms with Gasteiger partial charge >= 0.3 is 7.12 Å². The Bertz CT molecular complexity index is 613. The van der Waals surface area contributed by atoms with Gasteiger partial charge in [-0.3, -0.25) is 9.97 Å². The molecule has 1 saturated heterocycles. The van der Waals surface area contributed by atoms with Crippen molar-refractivity contribution >= 4 is 12.7 Å². The fourth-order valence-electron chi connectivity index (χ4n) is 1.55. The summed E-state index contributed by atoms with van der Waals surface area (Å²) in [5, 5.41) is 0. The molecule has 4 nitrogen and oxygen atoms in total. The van der Waals surface area contributed by atoms with Crippen LogP contribution in [0.2, 0.25) is 0 Å². The Kier molecular flexibility index (Phi) is 1.68. The molecule has 1 fully saturated rings. The largest absolute Gasteiger partial charge is 0.516 e. The molecule has 18 heavy (non-hydrogen) atoms. The first-order valence-corrected chi connectivity index (χ1v) is 5.71. The van der Waals surface area contributed by atoms with Crippen molar-refractivity contribution in [3.8, 4) is 0 Å². The predicted octanol–water partition coefficient (Wildman–Crippen LogP) is 1.90. The molecule has 1 aliphatic rings. The van der Waals surface area contributed by atoms with Gasteiger partial charge in [-0.2, -0.15) is 0 Å². The molecular formula is C13H21BN2O2. The lowest BCUT2D eigenvalue weighted by Gasteiger charge is -2.32. The lowest BCUT2D eigenvalue weighted by molar-refractivity contribution is 0.00578. The zero-order valence-electron chi connectivity index (χ0n) is 17.9. The molecule has 0 unspecified atom stereocenters. The van der Waals surface area contributed by atoms with Gasteiger partial charge in [0, 0.05) is 22.0 Å². The molecule has 0 N–H and O–H groups in total. The topological polar surface area (TPSA) is 44.2 Å². The molecule has 98 valence electrons. The van der Waals surface area contributed by atoms with Crippen LogP contribution in [0.4, 0.5) is 0 Å². The molecule has 0 radical (unpaired) electrons. The van der Waals surface area contributed by atoms with Crippen LogP contribution in [0.25, 0.3) is 0 Å². The van der Waals surface area contributed by atoms with Crippen LogP contribution in [0, 0.1) is 0 Å². The Morgan fingerprint density at radius 2 is 1.78 bits per heavy atom. The van der Waals surface area contributed by atoms with E-state index in [1.165, 1.54) is 6.20 Å². The van der Waals surface area contributed by atoms with Crippen LogP contribution < -0.4 is 5.59 Å². The Labute approximate surface area is 119 Å². The highest BCUT2D eigenvalue weighted by molar-refractivity contribution is 6.61. The molecule has 0 spiro atoms. The van der Waals surface area contributed by atoms with E-state index in [1.54, 1.807) is 0 Å². The average Bonchev–Trinajstić information content (AvgIpc) is 2.64. The summed E-state index contributed by atoms with van der Waals surface area (Å²) in [4.78, 5) is 7.95. The van der Waals surface area contributed by atoms with Gasteiger partial charge in [-0.15, -0.1) is 0 Å². The van der Waals surface area contributed by atoms with Crippen LogP contribution >= 0.6 is 0 Å². The lowest BCUT2D eigenvalue weighted by Crippen LogP contribution is -2.41. The van der Waals surface area contributed by atoms with Crippen molar-refractivity contribution in [1.29, 1.82) is 0 Å². The van der Waals surface area contributed by atoms with Gasteiger partial charge in [-0.1, -0.05) is 13.7 Å². The second-order valence-corrected chi connectivity index (χ2v) is 5.29. The molecule has 0 bridgehead atoms. The van der Waals surface area contributed by atoms with Crippen LogP contribution in [-0.2, 0) is 9.31 Å². The Morgan fingerprint density at radius 3 is 2.22 bits per heavy atom. The summed E-state index contributed by atoms with van der Waals surface area (Å²) in [6.07, 6.45) is 2.18. The molecule has 0 amide bonds. The highest BCUT2D eigenvalue weighted by Crippen LogP contribution is 2.36. The normalized spacial score (nSPS) is 29.3. The summed E-state index contributed by atoms with van der Waals surface area (Å²) >= 11 is 0. The highest BCUT2D eigenvalue weighted by atomic mass is 16.7. The SMILES string of the molecule is [2H]C([2H])([2H])C([2H])(c1cnc(B2OC(C)(C)C(C)(C)O2)cn1)C([2H])([2H])[2H]. The average molecular weight is 255 g/mol. The smallest absolute Gasteiger partial charge is 0.398 e. The first-order chi connectivity index (χ1) is 11.0. The van der Waals surface area contributed by atoms with E-state index in [9.17, 15) is 0 Å². The third-order valence-corrected chi connectivity index (χ3v) is 3.42. The van der Waals surface area contributed by atoms with E-state index >= 15 is 0 Å². The zero-order chi connectivity index (χ0) is 19.5. The quantitative estimate of drug-likeness (QED) is 0.757. The van der Waals surface area contributed by atoms with E-state index in [-0.39, 0.29) is 5.59 Å². The van der Waals surface area contributed by atoms with Gasteiger partial charge in [0.25, 0.3) is 0 Å². The fourth-order valence-corrected chi connectivity index (χ4v) is 1.55. The summed E-state index contributed by atoms with van der Waals surface area (Å²) < 4.78 is 64.5. The van der Waals surface area contributed by atoms with Gasteiger partial charge in [0.2, 0.25) is 0 Å². The van der Waals surface area contributed by atoms with Crippen molar-refractivity contribution < 1.29 is 18.9 Å². The molecule has 1 aromatic rings. The third-order valence-electron chi connectivity index (χ3n) is 3.42. The second kappa shape index (κ2) is 4.32. The molecule has 0 atom stereocenters. The van der Waals surface area contributed by atoms with Crippen molar-refractivity contribution in [3.05, 3.63) is 18.1 Å². The molecule has 0 saturated carbocycles. The molecule has 0 aliphatic carbocycles. The summed E-state index contributed by atoms with van der Waals surface area (Å²) in [6.45, 7) is 1.27. The Morgan fingerprint density at radius 1 is 1.17 bits per heavy atom. The van der Waals surface area contributed by atoms with Crippen molar-refractivity contribution in [1.82, 2.24) is 9.97 Å². The van der Waals surface area contributed by atoms with Gasteiger partial charge in [0.15, 0.2) is 0 Å². The molecule has 0 aromatic carbocycles. The molecular weight excluding hydrogens is 227 g/mol. The standard InChI is InChI=1S/C13H21BN2O2/c1-9(2)10-7-16-11(8-15-10)14-17-12(3,4)13(5,6)18-14/h7-9H,1-6H3/i1D3,2D3,9D. The van der Waals surface area contributed by atoms with Crippen molar-refractivity contribution in [3.63, 3.8) is 0 Å². The number of nitrogens with zero attached hydrogens (tertiary/aromatic N) is 2. The molecule has 1 aliphatic heterocycles. The summed E-state index contributed by atoms with van der Waals surface area (Å²) in [5.74, 6) is -2.87. The lowest BCUT2D eigenvalue weighted by atomic mass is 9.85. The fraction of sp³-hybridized carbons (Fsp3) is 0.692. The minimum absolute atomic E-state index is 0.279. The molecule has 5 heteroatoms. The number of aromatic nitrogens is 2. The van der Waals surface area contributed by atoms with E-state index in [2.05, 4.69) is 9.97 Å². The van der Waals surface area contributed by atoms with Crippen molar-refractivity contribution in [2.45, 2.75) is 58.5 Å². The Balaban J connectivity index is 2.38.